The molecule has 5 nitrogen and oxygen atoms in total. The van der Waals surface area contributed by atoms with Gasteiger partial charge in [-0.2, -0.15) is 0 Å². The molecule has 1 saturated carbocycles. The van der Waals surface area contributed by atoms with Crippen molar-refractivity contribution in [3.05, 3.63) is 29.8 Å². The van der Waals surface area contributed by atoms with Crippen molar-refractivity contribution in [2.24, 2.45) is 10.6 Å². The lowest BCUT2D eigenvalue weighted by atomic mass is 9.76. The molecule has 0 saturated heterocycles. The lowest BCUT2D eigenvalue weighted by Gasteiger charge is -2.33. The van der Waals surface area contributed by atoms with E-state index in [0.29, 0.717) is 12.1 Å². The van der Waals surface area contributed by atoms with Gasteiger partial charge < -0.3 is 5.32 Å². The van der Waals surface area contributed by atoms with E-state index in [1.165, 1.54) is 37.5 Å². The zero-order valence-corrected chi connectivity index (χ0v) is 13.1. The number of nitrogens with two attached hydrogens (primary N) is 1. The predicted octanol–water partition coefficient (Wildman–Crippen LogP) is 2.03. The summed E-state index contributed by atoms with van der Waals surface area (Å²) in [5, 5.41) is 7.99. The maximum absolute atomic E-state index is 12.2. The third kappa shape index (κ3) is 4.28. The van der Waals surface area contributed by atoms with Gasteiger partial charge in [0.15, 0.2) is 0 Å². The number of carbonyl (C=O) groups excluding carboxylic acids is 1. The zero-order valence-electron chi connectivity index (χ0n) is 12.3. The summed E-state index contributed by atoms with van der Waals surface area (Å²) >= 11 is 0. The molecule has 1 aromatic carbocycles. The summed E-state index contributed by atoms with van der Waals surface area (Å²) in [6, 6.07) is 5.81. The van der Waals surface area contributed by atoms with E-state index in [1.54, 1.807) is 6.07 Å². The SMILES string of the molecule is CC1(CNC(=O)c2cccc(S(N)(=O)=O)c2)CCCCC1. The Kier molecular flexibility index (Phi) is 4.68. The van der Waals surface area contributed by atoms with Crippen LogP contribution >= 0.6 is 0 Å². The maximum atomic E-state index is 12.2. The average Bonchev–Trinajstić information content (AvgIpc) is 2.45. The van der Waals surface area contributed by atoms with Gasteiger partial charge in [0, 0.05) is 12.1 Å². The largest absolute Gasteiger partial charge is 0.351 e. The molecule has 0 bridgehead atoms. The quantitative estimate of drug-likeness (QED) is 0.891. The first-order chi connectivity index (χ1) is 9.80. The first-order valence-electron chi connectivity index (χ1n) is 7.21. The lowest BCUT2D eigenvalue weighted by Crippen LogP contribution is -2.37. The van der Waals surface area contributed by atoms with E-state index in [-0.39, 0.29) is 16.2 Å². The van der Waals surface area contributed by atoms with E-state index < -0.39 is 10.0 Å². The van der Waals surface area contributed by atoms with Crippen LogP contribution in [-0.2, 0) is 10.0 Å². The fraction of sp³-hybridized carbons (Fsp3) is 0.533. The lowest BCUT2D eigenvalue weighted by molar-refractivity contribution is 0.0919. The van der Waals surface area contributed by atoms with Gasteiger partial charge in [0.05, 0.1) is 4.90 Å². The number of hydrogen-bond acceptors (Lipinski definition) is 3. The molecule has 0 aliphatic heterocycles. The van der Waals surface area contributed by atoms with Gasteiger partial charge in [0.1, 0.15) is 0 Å². The molecule has 0 atom stereocenters. The molecule has 1 aliphatic rings. The number of nitrogens with one attached hydrogen (secondary N) is 1. The van der Waals surface area contributed by atoms with Crippen LogP contribution in [0.2, 0.25) is 0 Å². The van der Waals surface area contributed by atoms with Gasteiger partial charge in [-0.1, -0.05) is 32.3 Å². The number of sulfonamides is 1. The summed E-state index contributed by atoms with van der Waals surface area (Å²) in [5.74, 6) is -0.257. The van der Waals surface area contributed by atoms with Crippen molar-refractivity contribution in [3.63, 3.8) is 0 Å². The molecule has 21 heavy (non-hydrogen) atoms. The van der Waals surface area contributed by atoms with Crippen LogP contribution in [0.25, 0.3) is 0 Å². The fourth-order valence-electron chi connectivity index (χ4n) is 2.79. The minimum Gasteiger partial charge on any atom is -0.351 e. The number of amides is 1. The molecular weight excluding hydrogens is 288 g/mol. The van der Waals surface area contributed by atoms with Crippen molar-refractivity contribution in [1.29, 1.82) is 0 Å². The van der Waals surface area contributed by atoms with E-state index in [2.05, 4.69) is 12.2 Å². The summed E-state index contributed by atoms with van der Waals surface area (Å²) in [4.78, 5) is 12.1. The minimum absolute atomic E-state index is 0.0426. The molecule has 1 amide bonds. The van der Waals surface area contributed by atoms with Crippen LogP contribution in [0.3, 0.4) is 0 Å². The van der Waals surface area contributed by atoms with Gasteiger partial charge in [0.25, 0.3) is 5.91 Å². The maximum Gasteiger partial charge on any atom is 0.251 e. The van der Waals surface area contributed by atoms with Gasteiger partial charge in [0.2, 0.25) is 10.0 Å². The summed E-state index contributed by atoms with van der Waals surface area (Å²) in [6.45, 7) is 2.80. The molecule has 0 radical (unpaired) electrons. The van der Waals surface area contributed by atoms with Crippen LogP contribution in [0.1, 0.15) is 49.4 Å². The second-order valence-electron chi connectivity index (χ2n) is 6.13. The molecule has 6 heteroatoms. The normalized spacial score (nSPS) is 18.2. The Morgan fingerprint density at radius 1 is 1.29 bits per heavy atom. The molecule has 1 aliphatic carbocycles. The third-order valence-corrected chi connectivity index (χ3v) is 5.07. The predicted molar refractivity (Wildman–Crippen MR) is 81.3 cm³/mol. The van der Waals surface area contributed by atoms with E-state index in [9.17, 15) is 13.2 Å². The van der Waals surface area contributed by atoms with Crippen molar-refractivity contribution in [2.75, 3.05) is 6.54 Å². The minimum atomic E-state index is -3.79. The fourth-order valence-corrected chi connectivity index (χ4v) is 3.35. The smallest absolute Gasteiger partial charge is 0.251 e. The Balaban J connectivity index is 2.04. The van der Waals surface area contributed by atoms with Crippen molar-refractivity contribution >= 4 is 15.9 Å². The Bertz CT molecular complexity index is 620. The molecule has 0 heterocycles. The van der Waals surface area contributed by atoms with E-state index in [4.69, 9.17) is 5.14 Å². The summed E-state index contributed by atoms with van der Waals surface area (Å²) in [5.41, 5.74) is 0.465. The first-order valence-corrected chi connectivity index (χ1v) is 8.76. The van der Waals surface area contributed by atoms with Crippen LogP contribution in [0.15, 0.2) is 29.2 Å². The molecule has 3 N–H and O–H groups in total. The molecule has 0 unspecified atom stereocenters. The summed E-state index contributed by atoms with van der Waals surface area (Å²) in [6.07, 6.45) is 5.90. The molecule has 1 fully saturated rings. The number of rotatable bonds is 4. The van der Waals surface area contributed by atoms with Crippen LogP contribution in [0.5, 0.6) is 0 Å². The Hall–Kier alpha value is -1.40. The number of benzene rings is 1. The highest BCUT2D eigenvalue weighted by atomic mass is 32.2. The Morgan fingerprint density at radius 3 is 2.57 bits per heavy atom. The zero-order chi connectivity index (χ0) is 15.5. The Labute approximate surface area is 126 Å². The highest BCUT2D eigenvalue weighted by molar-refractivity contribution is 7.89. The highest BCUT2D eigenvalue weighted by Crippen LogP contribution is 2.34. The topological polar surface area (TPSA) is 89.3 Å². The van der Waals surface area contributed by atoms with Gasteiger partial charge >= 0.3 is 0 Å². The van der Waals surface area contributed by atoms with Crippen molar-refractivity contribution in [2.45, 2.75) is 43.9 Å². The van der Waals surface area contributed by atoms with Gasteiger partial charge in [-0.05, 0) is 36.5 Å². The second kappa shape index (κ2) is 6.15. The van der Waals surface area contributed by atoms with Crippen LogP contribution < -0.4 is 10.5 Å². The molecule has 0 spiro atoms. The molecule has 0 aromatic heterocycles. The van der Waals surface area contributed by atoms with Gasteiger partial charge in [-0.3, -0.25) is 4.79 Å². The molecule has 1 aromatic rings. The number of hydrogen-bond donors (Lipinski definition) is 2. The van der Waals surface area contributed by atoms with Crippen molar-refractivity contribution in [1.82, 2.24) is 5.32 Å². The summed E-state index contributed by atoms with van der Waals surface area (Å²) < 4.78 is 22.6. The van der Waals surface area contributed by atoms with E-state index in [1.807, 2.05) is 0 Å². The van der Waals surface area contributed by atoms with Gasteiger partial charge in [-0.15, -0.1) is 0 Å². The van der Waals surface area contributed by atoms with E-state index >= 15 is 0 Å². The van der Waals surface area contributed by atoms with Gasteiger partial charge in [-0.25, -0.2) is 13.6 Å². The third-order valence-electron chi connectivity index (χ3n) is 4.16. The first kappa shape index (κ1) is 16.0. The number of primary sulfonamides is 1. The molecular formula is C15H22N2O3S. The number of carbonyl (C=O) groups is 1. The molecule has 2 rings (SSSR count). The monoisotopic (exact) mass is 310 g/mol. The molecule has 116 valence electrons. The standard InChI is InChI=1S/C15H22N2O3S/c1-15(8-3-2-4-9-15)11-17-14(18)12-6-5-7-13(10-12)21(16,19)20/h5-7,10H,2-4,8-9,11H2,1H3,(H,17,18)(H2,16,19,20). The van der Waals surface area contributed by atoms with Crippen LogP contribution in [-0.4, -0.2) is 20.9 Å². The Morgan fingerprint density at radius 2 is 1.95 bits per heavy atom. The van der Waals surface area contributed by atoms with Crippen LogP contribution in [0.4, 0.5) is 0 Å². The van der Waals surface area contributed by atoms with E-state index in [0.717, 1.165) is 12.8 Å². The second-order valence-corrected chi connectivity index (χ2v) is 7.69. The highest BCUT2D eigenvalue weighted by Gasteiger charge is 2.27. The van der Waals surface area contributed by atoms with Crippen LogP contribution in [0, 0.1) is 5.41 Å². The van der Waals surface area contributed by atoms with Crippen molar-refractivity contribution < 1.29 is 13.2 Å². The van der Waals surface area contributed by atoms with Crippen molar-refractivity contribution in [3.8, 4) is 0 Å². The summed E-state index contributed by atoms with van der Waals surface area (Å²) in [7, 11) is -3.79. The average molecular weight is 310 g/mol.